The minimum atomic E-state index is -0.103. The van der Waals surface area contributed by atoms with E-state index >= 15 is 0 Å². The fourth-order valence-electron chi connectivity index (χ4n) is 3.50. The quantitative estimate of drug-likeness (QED) is 0.567. The Bertz CT molecular complexity index is 852. The minimum absolute atomic E-state index is 0.00827. The van der Waals surface area contributed by atoms with Crippen molar-refractivity contribution >= 4 is 11.7 Å². The molecule has 142 valence electrons. The Hall–Kier alpha value is -3.20. The number of ketones is 1. The molecule has 0 fully saturated rings. The molecule has 0 spiro atoms. The highest BCUT2D eigenvalue weighted by atomic mass is 16.2. The number of hydrogen-bond acceptors (Lipinski definition) is 2. The van der Waals surface area contributed by atoms with Gasteiger partial charge >= 0.3 is 0 Å². The molecule has 1 N–H and O–H groups in total. The Kier molecular flexibility index (Phi) is 6.74. The van der Waals surface area contributed by atoms with Crippen LogP contribution in [0.15, 0.2) is 91.0 Å². The summed E-state index contributed by atoms with van der Waals surface area (Å²) in [6, 6.07) is 29.4. The molecule has 1 unspecified atom stereocenters. The zero-order chi connectivity index (χ0) is 19.8. The zero-order valence-electron chi connectivity index (χ0n) is 16.0. The average Bonchev–Trinajstić information content (AvgIpc) is 2.74. The predicted molar refractivity (Wildman–Crippen MR) is 112 cm³/mol. The van der Waals surface area contributed by atoms with Crippen molar-refractivity contribution in [2.75, 3.05) is 0 Å². The molecule has 28 heavy (non-hydrogen) atoms. The first kappa shape index (κ1) is 19.6. The van der Waals surface area contributed by atoms with Gasteiger partial charge < -0.3 is 5.32 Å². The number of carbonyl (C=O) groups is 2. The van der Waals surface area contributed by atoms with Crippen molar-refractivity contribution in [2.45, 2.75) is 31.7 Å². The maximum Gasteiger partial charge on any atom is 0.220 e. The van der Waals surface area contributed by atoms with Gasteiger partial charge in [0.1, 0.15) is 0 Å². The van der Waals surface area contributed by atoms with Crippen molar-refractivity contribution in [3.05, 3.63) is 108 Å². The Morgan fingerprint density at radius 1 is 0.714 bits per heavy atom. The molecule has 3 rings (SSSR count). The molecule has 0 aliphatic heterocycles. The van der Waals surface area contributed by atoms with Gasteiger partial charge in [0.2, 0.25) is 5.91 Å². The lowest BCUT2D eigenvalue weighted by molar-refractivity contribution is -0.121. The summed E-state index contributed by atoms with van der Waals surface area (Å²) in [5.41, 5.74) is 2.96. The van der Waals surface area contributed by atoms with E-state index < -0.39 is 0 Å². The van der Waals surface area contributed by atoms with E-state index in [1.165, 1.54) is 0 Å². The molecule has 3 nitrogen and oxygen atoms in total. The number of carbonyl (C=O) groups excluding carboxylic acids is 2. The molecular formula is C25H25NO2. The molecule has 1 atom stereocenters. The zero-order valence-corrected chi connectivity index (χ0v) is 16.0. The SMILES string of the molecule is CC(NC(=O)CCC(=O)c1ccccc1)C(c1ccccc1)c1ccccc1. The van der Waals surface area contributed by atoms with Crippen molar-refractivity contribution in [1.29, 1.82) is 0 Å². The number of Topliss-reactive ketones (excluding diaryl/α,β-unsaturated/α-hetero) is 1. The van der Waals surface area contributed by atoms with Crippen LogP contribution in [-0.2, 0) is 4.79 Å². The summed E-state index contributed by atoms with van der Waals surface area (Å²) in [5, 5.41) is 3.09. The van der Waals surface area contributed by atoms with E-state index in [2.05, 4.69) is 29.6 Å². The number of nitrogens with one attached hydrogen (secondary N) is 1. The van der Waals surface area contributed by atoms with Gasteiger partial charge in [-0.25, -0.2) is 0 Å². The van der Waals surface area contributed by atoms with Crippen LogP contribution in [0.25, 0.3) is 0 Å². The molecule has 0 radical (unpaired) electrons. The molecule has 3 aromatic rings. The second-order valence-corrected chi connectivity index (χ2v) is 6.94. The Morgan fingerprint density at radius 3 is 1.68 bits per heavy atom. The second kappa shape index (κ2) is 9.65. The summed E-state index contributed by atoms with van der Waals surface area (Å²) >= 11 is 0. The third-order valence-electron chi connectivity index (χ3n) is 4.88. The molecule has 0 saturated carbocycles. The van der Waals surface area contributed by atoms with Crippen LogP contribution in [0.4, 0.5) is 0 Å². The normalized spacial score (nSPS) is 11.8. The lowest BCUT2D eigenvalue weighted by atomic mass is 9.85. The molecule has 3 heteroatoms. The van der Waals surface area contributed by atoms with E-state index in [9.17, 15) is 9.59 Å². The van der Waals surface area contributed by atoms with E-state index in [0.29, 0.717) is 5.56 Å². The molecule has 0 saturated heterocycles. The molecule has 1 amide bonds. The number of amides is 1. The van der Waals surface area contributed by atoms with Crippen LogP contribution in [-0.4, -0.2) is 17.7 Å². The molecule has 0 aliphatic rings. The fourth-order valence-corrected chi connectivity index (χ4v) is 3.50. The van der Waals surface area contributed by atoms with Gasteiger partial charge in [0.25, 0.3) is 0 Å². The number of benzene rings is 3. The molecule has 3 aromatic carbocycles. The van der Waals surface area contributed by atoms with E-state index in [4.69, 9.17) is 0 Å². The standard InChI is InChI=1S/C25H25NO2/c1-19(26-24(28)18-17-23(27)20-11-5-2-6-12-20)25(21-13-7-3-8-14-21)22-15-9-4-10-16-22/h2-16,19,25H,17-18H2,1H3,(H,26,28). The van der Waals surface area contributed by atoms with Gasteiger partial charge in [-0.15, -0.1) is 0 Å². The maximum atomic E-state index is 12.5. The smallest absolute Gasteiger partial charge is 0.220 e. The summed E-state index contributed by atoms with van der Waals surface area (Å²) < 4.78 is 0. The fraction of sp³-hybridized carbons (Fsp3) is 0.200. The number of hydrogen-bond donors (Lipinski definition) is 1. The van der Waals surface area contributed by atoms with Crippen molar-refractivity contribution in [1.82, 2.24) is 5.32 Å². The lowest BCUT2D eigenvalue weighted by Crippen LogP contribution is -2.37. The largest absolute Gasteiger partial charge is 0.353 e. The van der Waals surface area contributed by atoms with Gasteiger partial charge in [0.05, 0.1) is 0 Å². The topological polar surface area (TPSA) is 46.2 Å². The molecule has 0 heterocycles. The third-order valence-corrected chi connectivity index (χ3v) is 4.88. The Labute approximate surface area is 166 Å². The van der Waals surface area contributed by atoms with E-state index in [1.807, 2.05) is 61.5 Å². The van der Waals surface area contributed by atoms with Gasteiger partial charge in [0, 0.05) is 30.4 Å². The van der Waals surface area contributed by atoms with Gasteiger partial charge in [0.15, 0.2) is 5.78 Å². The van der Waals surface area contributed by atoms with Crippen LogP contribution in [0.5, 0.6) is 0 Å². The van der Waals surface area contributed by atoms with E-state index in [0.717, 1.165) is 11.1 Å². The van der Waals surface area contributed by atoms with Gasteiger partial charge in [-0.3, -0.25) is 9.59 Å². The highest BCUT2D eigenvalue weighted by Crippen LogP contribution is 2.28. The summed E-state index contributed by atoms with van der Waals surface area (Å²) in [4.78, 5) is 24.7. The van der Waals surface area contributed by atoms with Crippen LogP contribution in [0.3, 0.4) is 0 Å². The predicted octanol–water partition coefficient (Wildman–Crippen LogP) is 4.99. The molecule has 0 bridgehead atoms. The average molecular weight is 371 g/mol. The first-order valence-electron chi connectivity index (χ1n) is 9.62. The van der Waals surface area contributed by atoms with Crippen LogP contribution >= 0.6 is 0 Å². The highest BCUT2D eigenvalue weighted by molar-refractivity contribution is 5.97. The maximum absolute atomic E-state index is 12.5. The molecular weight excluding hydrogens is 346 g/mol. The first-order chi connectivity index (χ1) is 13.6. The summed E-state index contributed by atoms with van der Waals surface area (Å²) in [5.74, 6) is -0.0594. The molecule has 0 aromatic heterocycles. The van der Waals surface area contributed by atoms with Gasteiger partial charge in [-0.05, 0) is 18.1 Å². The van der Waals surface area contributed by atoms with Crippen molar-refractivity contribution in [3.63, 3.8) is 0 Å². The molecule has 0 aliphatic carbocycles. The first-order valence-corrected chi connectivity index (χ1v) is 9.62. The van der Waals surface area contributed by atoms with Crippen molar-refractivity contribution in [2.24, 2.45) is 0 Å². The van der Waals surface area contributed by atoms with Gasteiger partial charge in [-0.2, -0.15) is 0 Å². The van der Waals surface area contributed by atoms with Crippen LogP contribution in [0.1, 0.15) is 47.2 Å². The van der Waals surface area contributed by atoms with Crippen LogP contribution < -0.4 is 5.32 Å². The Balaban J connectivity index is 1.65. The number of rotatable bonds is 8. The van der Waals surface area contributed by atoms with E-state index in [1.54, 1.807) is 12.1 Å². The summed E-state index contributed by atoms with van der Waals surface area (Å²) in [6.45, 7) is 2.02. The second-order valence-electron chi connectivity index (χ2n) is 6.94. The van der Waals surface area contributed by atoms with E-state index in [-0.39, 0.29) is 36.5 Å². The minimum Gasteiger partial charge on any atom is -0.353 e. The third kappa shape index (κ3) is 5.17. The summed E-state index contributed by atoms with van der Waals surface area (Å²) in [6.07, 6.45) is 0.401. The Morgan fingerprint density at radius 2 is 1.18 bits per heavy atom. The van der Waals surface area contributed by atoms with Crippen molar-refractivity contribution in [3.8, 4) is 0 Å². The highest BCUT2D eigenvalue weighted by Gasteiger charge is 2.23. The lowest BCUT2D eigenvalue weighted by Gasteiger charge is -2.26. The van der Waals surface area contributed by atoms with Crippen LogP contribution in [0.2, 0.25) is 0 Å². The van der Waals surface area contributed by atoms with Crippen LogP contribution in [0, 0.1) is 0 Å². The monoisotopic (exact) mass is 371 g/mol. The van der Waals surface area contributed by atoms with Crippen molar-refractivity contribution < 1.29 is 9.59 Å². The summed E-state index contributed by atoms with van der Waals surface area (Å²) in [7, 11) is 0. The van der Waals surface area contributed by atoms with Gasteiger partial charge in [-0.1, -0.05) is 91.0 Å².